The van der Waals surface area contributed by atoms with Crippen molar-refractivity contribution in [3.05, 3.63) is 24.3 Å². The van der Waals surface area contributed by atoms with Crippen LogP contribution in [0.15, 0.2) is 24.3 Å². The number of hydrogen-bond acceptors (Lipinski definition) is 0. The van der Waals surface area contributed by atoms with E-state index in [0.717, 1.165) is 5.92 Å². The summed E-state index contributed by atoms with van der Waals surface area (Å²) in [6.07, 6.45) is 12.8. The SMILES string of the molecule is CC1/C=C\CC/C=C\C1. The van der Waals surface area contributed by atoms with Gasteiger partial charge in [-0.3, -0.25) is 0 Å². The van der Waals surface area contributed by atoms with Gasteiger partial charge in [-0.05, 0) is 25.2 Å². The summed E-state index contributed by atoms with van der Waals surface area (Å²) in [4.78, 5) is 0. The maximum Gasteiger partial charge on any atom is -0.0227 e. The highest BCUT2D eigenvalue weighted by Gasteiger charge is 1.93. The molecule has 0 heteroatoms. The molecule has 0 saturated carbocycles. The zero-order valence-corrected chi connectivity index (χ0v) is 6.01. The first-order valence-corrected chi connectivity index (χ1v) is 3.71. The van der Waals surface area contributed by atoms with Crippen LogP contribution in [0.25, 0.3) is 0 Å². The quantitative estimate of drug-likeness (QED) is 0.433. The molecule has 0 spiro atoms. The highest BCUT2D eigenvalue weighted by atomic mass is 14.0. The van der Waals surface area contributed by atoms with Gasteiger partial charge in [0.2, 0.25) is 0 Å². The van der Waals surface area contributed by atoms with Gasteiger partial charge in [0.25, 0.3) is 0 Å². The number of allylic oxidation sites excluding steroid dienone is 4. The molecule has 0 aliphatic heterocycles. The van der Waals surface area contributed by atoms with Crippen molar-refractivity contribution in [2.24, 2.45) is 5.92 Å². The van der Waals surface area contributed by atoms with E-state index in [1.165, 1.54) is 19.3 Å². The Bertz CT molecular complexity index is 120. The van der Waals surface area contributed by atoms with Crippen LogP contribution in [0.1, 0.15) is 26.2 Å². The molecule has 50 valence electrons. The van der Waals surface area contributed by atoms with E-state index >= 15 is 0 Å². The van der Waals surface area contributed by atoms with Gasteiger partial charge in [-0.2, -0.15) is 0 Å². The van der Waals surface area contributed by atoms with Crippen molar-refractivity contribution in [3.63, 3.8) is 0 Å². The molecule has 0 amide bonds. The van der Waals surface area contributed by atoms with Gasteiger partial charge in [-0.1, -0.05) is 31.2 Å². The van der Waals surface area contributed by atoms with Crippen LogP contribution in [-0.4, -0.2) is 0 Å². The van der Waals surface area contributed by atoms with Crippen LogP contribution >= 0.6 is 0 Å². The Morgan fingerprint density at radius 1 is 1.11 bits per heavy atom. The molecule has 0 saturated heterocycles. The lowest BCUT2D eigenvalue weighted by Gasteiger charge is -2.02. The average Bonchev–Trinajstić information content (AvgIpc) is 1.79. The molecule has 0 fully saturated rings. The second-order valence-corrected chi connectivity index (χ2v) is 2.69. The highest BCUT2D eigenvalue weighted by Crippen LogP contribution is 2.09. The van der Waals surface area contributed by atoms with E-state index in [0.29, 0.717) is 0 Å². The summed E-state index contributed by atoms with van der Waals surface area (Å²) in [6.45, 7) is 2.26. The Kier molecular flexibility index (Phi) is 2.56. The fourth-order valence-electron chi connectivity index (χ4n) is 1.03. The van der Waals surface area contributed by atoms with Gasteiger partial charge in [-0.15, -0.1) is 0 Å². The van der Waals surface area contributed by atoms with Crippen LogP contribution in [0, 0.1) is 5.92 Å². The molecule has 0 N–H and O–H groups in total. The van der Waals surface area contributed by atoms with Crippen molar-refractivity contribution in [2.45, 2.75) is 26.2 Å². The van der Waals surface area contributed by atoms with Crippen LogP contribution in [-0.2, 0) is 0 Å². The molecule has 0 aromatic carbocycles. The molecule has 0 bridgehead atoms. The van der Waals surface area contributed by atoms with Gasteiger partial charge < -0.3 is 0 Å². The van der Waals surface area contributed by atoms with E-state index in [1.807, 2.05) is 0 Å². The molecular weight excluding hydrogens is 108 g/mol. The highest BCUT2D eigenvalue weighted by molar-refractivity contribution is 4.96. The fraction of sp³-hybridized carbons (Fsp3) is 0.556. The van der Waals surface area contributed by atoms with Crippen molar-refractivity contribution in [3.8, 4) is 0 Å². The minimum Gasteiger partial charge on any atom is -0.0882 e. The molecule has 1 atom stereocenters. The first-order chi connectivity index (χ1) is 4.39. The molecule has 0 aromatic heterocycles. The van der Waals surface area contributed by atoms with Crippen molar-refractivity contribution in [1.29, 1.82) is 0 Å². The lowest BCUT2D eigenvalue weighted by molar-refractivity contribution is 0.730. The van der Waals surface area contributed by atoms with Crippen LogP contribution in [0.2, 0.25) is 0 Å². The van der Waals surface area contributed by atoms with E-state index in [2.05, 4.69) is 31.2 Å². The maximum atomic E-state index is 2.31. The third-order valence-corrected chi connectivity index (χ3v) is 1.64. The summed E-state index contributed by atoms with van der Waals surface area (Å²) in [5, 5.41) is 0. The van der Waals surface area contributed by atoms with Crippen molar-refractivity contribution in [2.75, 3.05) is 0 Å². The summed E-state index contributed by atoms with van der Waals surface area (Å²) in [5.41, 5.74) is 0. The first kappa shape index (κ1) is 6.60. The summed E-state index contributed by atoms with van der Waals surface area (Å²) in [7, 11) is 0. The van der Waals surface area contributed by atoms with E-state index < -0.39 is 0 Å². The standard InChI is InChI=1S/C9H14/c1-9-7-5-3-2-4-6-8-9/h3,5-6,8-9H,2,4,7H2,1H3/b5-3-,8-6-. The third kappa shape index (κ3) is 2.50. The second kappa shape index (κ2) is 3.49. The fourth-order valence-corrected chi connectivity index (χ4v) is 1.03. The van der Waals surface area contributed by atoms with Crippen LogP contribution in [0.4, 0.5) is 0 Å². The van der Waals surface area contributed by atoms with E-state index in [9.17, 15) is 0 Å². The zero-order valence-electron chi connectivity index (χ0n) is 6.01. The molecule has 0 aromatic rings. The van der Waals surface area contributed by atoms with Crippen LogP contribution < -0.4 is 0 Å². The Morgan fingerprint density at radius 3 is 2.78 bits per heavy atom. The molecule has 0 nitrogen and oxygen atoms in total. The van der Waals surface area contributed by atoms with E-state index in [4.69, 9.17) is 0 Å². The Hall–Kier alpha value is -0.520. The van der Waals surface area contributed by atoms with Crippen molar-refractivity contribution < 1.29 is 0 Å². The smallest absolute Gasteiger partial charge is 0.0227 e. The molecule has 0 heterocycles. The maximum absolute atomic E-state index is 2.31. The van der Waals surface area contributed by atoms with Gasteiger partial charge in [-0.25, -0.2) is 0 Å². The molecule has 1 unspecified atom stereocenters. The summed E-state index contributed by atoms with van der Waals surface area (Å²) >= 11 is 0. The molecule has 9 heavy (non-hydrogen) atoms. The minimum absolute atomic E-state index is 0.751. The summed E-state index contributed by atoms with van der Waals surface area (Å²) in [6, 6.07) is 0. The number of rotatable bonds is 0. The Balaban J connectivity index is 2.40. The second-order valence-electron chi connectivity index (χ2n) is 2.69. The number of hydrogen-bond donors (Lipinski definition) is 0. The van der Waals surface area contributed by atoms with E-state index in [-0.39, 0.29) is 0 Å². The van der Waals surface area contributed by atoms with Crippen LogP contribution in [0.3, 0.4) is 0 Å². The molecule has 1 rings (SSSR count). The monoisotopic (exact) mass is 122 g/mol. The third-order valence-electron chi connectivity index (χ3n) is 1.64. The first-order valence-electron chi connectivity index (χ1n) is 3.71. The minimum atomic E-state index is 0.751. The van der Waals surface area contributed by atoms with E-state index in [1.54, 1.807) is 0 Å². The summed E-state index contributed by atoms with van der Waals surface area (Å²) in [5.74, 6) is 0.751. The lowest BCUT2D eigenvalue weighted by Crippen LogP contribution is -1.87. The zero-order chi connectivity index (χ0) is 6.53. The van der Waals surface area contributed by atoms with Crippen LogP contribution in [0.5, 0.6) is 0 Å². The van der Waals surface area contributed by atoms with Gasteiger partial charge in [0.15, 0.2) is 0 Å². The van der Waals surface area contributed by atoms with Gasteiger partial charge in [0, 0.05) is 0 Å². The largest absolute Gasteiger partial charge is 0.0882 e. The van der Waals surface area contributed by atoms with Crippen molar-refractivity contribution >= 4 is 0 Å². The Labute approximate surface area is 57.3 Å². The lowest BCUT2D eigenvalue weighted by atomic mass is 10.0. The Morgan fingerprint density at radius 2 is 1.89 bits per heavy atom. The predicted molar refractivity (Wildman–Crippen MR) is 41.3 cm³/mol. The predicted octanol–water partition coefficient (Wildman–Crippen LogP) is 2.92. The normalized spacial score (nSPS) is 34.6. The average molecular weight is 122 g/mol. The topological polar surface area (TPSA) is 0 Å². The summed E-state index contributed by atoms with van der Waals surface area (Å²) < 4.78 is 0. The molecule has 1 aliphatic rings. The van der Waals surface area contributed by atoms with Gasteiger partial charge in [0.05, 0.1) is 0 Å². The molecular formula is C9H14. The molecule has 0 radical (unpaired) electrons. The van der Waals surface area contributed by atoms with Crippen molar-refractivity contribution in [1.82, 2.24) is 0 Å². The van der Waals surface area contributed by atoms with Gasteiger partial charge >= 0.3 is 0 Å². The van der Waals surface area contributed by atoms with Gasteiger partial charge in [0.1, 0.15) is 0 Å². The molecule has 1 aliphatic carbocycles.